The molecule has 2 amide bonds. The zero-order valence-corrected chi connectivity index (χ0v) is 14.7. The van der Waals surface area contributed by atoms with E-state index in [2.05, 4.69) is 0 Å². The molecule has 0 saturated carbocycles. The number of nitro groups is 1. The first kappa shape index (κ1) is 19.9. The minimum atomic E-state index is -0.569. The minimum Gasteiger partial charge on any atom is -0.477 e. The molecule has 0 spiro atoms. The van der Waals surface area contributed by atoms with Crippen LogP contribution in [0.3, 0.4) is 0 Å². The molecule has 0 aliphatic heterocycles. The van der Waals surface area contributed by atoms with E-state index in [0.29, 0.717) is 13.0 Å². The second-order valence-electron chi connectivity index (χ2n) is 5.85. The van der Waals surface area contributed by atoms with E-state index in [1.807, 2.05) is 30.3 Å². The Morgan fingerprint density at radius 1 is 1.04 bits per heavy atom. The summed E-state index contributed by atoms with van der Waals surface area (Å²) < 4.78 is 5.35. The average Bonchev–Trinajstić information content (AvgIpc) is 2.67. The molecule has 0 bridgehead atoms. The van der Waals surface area contributed by atoms with Gasteiger partial charge < -0.3 is 15.4 Å². The third-order valence-electron chi connectivity index (χ3n) is 3.91. The maximum absolute atomic E-state index is 12.5. The van der Waals surface area contributed by atoms with E-state index in [9.17, 15) is 19.7 Å². The Balaban J connectivity index is 2.00. The largest absolute Gasteiger partial charge is 0.477 e. The summed E-state index contributed by atoms with van der Waals surface area (Å²) in [6, 6.07) is 15.5. The van der Waals surface area contributed by atoms with Gasteiger partial charge >= 0.3 is 5.69 Å². The van der Waals surface area contributed by atoms with Crippen LogP contribution in [0.4, 0.5) is 5.69 Å². The van der Waals surface area contributed by atoms with E-state index in [1.165, 1.54) is 23.1 Å². The summed E-state index contributed by atoms with van der Waals surface area (Å²) in [5.41, 5.74) is 6.02. The summed E-state index contributed by atoms with van der Waals surface area (Å²) in [7, 11) is 0. The predicted octanol–water partition coefficient (Wildman–Crippen LogP) is 1.92. The van der Waals surface area contributed by atoms with Crippen LogP contribution >= 0.6 is 0 Å². The lowest BCUT2D eigenvalue weighted by atomic mass is 10.1. The van der Waals surface area contributed by atoms with Crippen LogP contribution < -0.4 is 10.5 Å². The van der Waals surface area contributed by atoms with Gasteiger partial charge in [-0.2, -0.15) is 0 Å². The van der Waals surface area contributed by atoms with Crippen molar-refractivity contribution < 1.29 is 19.2 Å². The number of rotatable bonds is 10. The summed E-state index contributed by atoms with van der Waals surface area (Å²) >= 11 is 0. The Morgan fingerprint density at radius 2 is 1.70 bits per heavy atom. The van der Waals surface area contributed by atoms with E-state index in [4.69, 9.17) is 10.5 Å². The van der Waals surface area contributed by atoms with Crippen molar-refractivity contribution in [2.45, 2.75) is 12.8 Å². The predicted molar refractivity (Wildman–Crippen MR) is 99.1 cm³/mol. The van der Waals surface area contributed by atoms with Gasteiger partial charge in [0, 0.05) is 25.6 Å². The van der Waals surface area contributed by atoms with Crippen LogP contribution in [0.2, 0.25) is 0 Å². The van der Waals surface area contributed by atoms with E-state index in [-0.39, 0.29) is 36.9 Å². The molecule has 0 aromatic heterocycles. The van der Waals surface area contributed by atoms with Gasteiger partial charge in [-0.05, 0) is 18.1 Å². The number of nitrogens with zero attached hydrogens (tertiary/aromatic N) is 2. The highest BCUT2D eigenvalue weighted by molar-refractivity contribution is 5.79. The Kier molecular flexibility index (Phi) is 7.30. The lowest BCUT2D eigenvalue weighted by molar-refractivity contribution is -0.385. The molecular weight excluding hydrogens is 350 g/mol. The third-order valence-corrected chi connectivity index (χ3v) is 3.91. The topological polar surface area (TPSA) is 116 Å². The van der Waals surface area contributed by atoms with E-state index < -0.39 is 10.8 Å². The Morgan fingerprint density at radius 3 is 2.37 bits per heavy atom. The molecule has 0 saturated heterocycles. The molecule has 8 heteroatoms. The van der Waals surface area contributed by atoms with Crippen LogP contribution in [0.25, 0.3) is 0 Å². The summed E-state index contributed by atoms with van der Waals surface area (Å²) in [6.07, 6.45) is 0.642. The van der Waals surface area contributed by atoms with Gasteiger partial charge in [0.05, 0.1) is 4.92 Å². The first-order chi connectivity index (χ1) is 13.0. The van der Waals surface area contributed by atoms with Crippen LogP contribution in [-0.4, -0.2) is 41.3 Å². The van der Waals surface area contributed by atoms with Crippen LogP contribution in [0.15, 0.2) is 54.6 Å². The number of carbonyl (C=O) groups excluding carboxylic acids is 2. The second kappa shape index (κ2) is 9.91. The highest BCUT2D eigenvalue weighted by Gasteiger charge is 2.18. The van der Waals surface area contributed by atoms with Crippen molar-refractivity contribution in [3.63, 3.8) is 0 Å². The van der Waals surface area contributed by atoms with Crippen molar-refractivity contribution in [3.05, 3.63) is 70.3 Å². The van der Waals surface area contributed by atoms with Gasteiger partial charge in [-0.25, -0.2) is 0 Å². The Hall–Kier alpha value is -3.42. The first-order valence-electron chi connectivity index (χ1n) is 8.43. The molecule has 142 valence electrons. The zero-order chi connectivity index (χ0) is 19.6. The van der Waals surface area contributed by atoms with Crippen molar-refractivity contribution >= 4 is 17.5 Å². The molecular formula is C19H21N3O5. The number of carbonyl (C=O) groups is 2. The number of nitro benzene ring substituents is 1. The highest BCUT2D eigenvalue weighted by atomic mass is 16.6. The van der Waals surface area contributed by atoms with Crippen LogP contribution in [-0.2, 0) is 16.0 Å². The van der Waals surface area contributed by atoms with Crippen molar-refractivity contribution in [1.82, 2.24) is 4.90 Å². The molecule has 2 aromatic carbocycles. The fourth-order valence-corrected chi connectivity index (χ4v) is 2.48. The number of amides is 2. The number of nitrogens with two attached hydrogens (primary N) is 1. The lowest BCUT2D eigenvalue weighted by Gasteiger charge is -2.22. The van der Waals surface area contributed by atoms with Crippen LogP contribution in [0, 0.1) is 10.1 Å². The quantitative estimate of drug-likeness (QED) is 0.506. The monoisotopic (exact) mass is 371 g/mol. The standard InChI is InChI=1S/C19H21N3O5/c20-18(23)11-13-21(12-10-15-6-2-1-3-7-15)19(24)14-27-17-9-5-4-8-16(17)22(25)26/h1-9H,10-14H2,(H2,20,23). The molecule has 0 unspecified atom stereocenters. The number of primary amides is 1. The molecule has 8 nitrogen and oxygen atoms in total. The van der Waals surface area contributed by atoms with E-state index >= 15 is 0 Å². The fourth-order valence-electron chi connectivity index (χ4n) is 2.48. The van der Waals surface area contributed by atoms with Gasteiger partial charge in [0.1, 0.15) is 0 Å². The van der Waals surface area contributed by atoms with Crippen LogP contribution in [0.5, 0.6) is 5.75 Å². The van der Waals surface area contributed by atoms with Gasteiger partial charge in [0.15, 0.2) is 12.4 Å². The van der Waals surface area contributed by atoms with E-state index in [0.717, 1.165) is 5.56 Å². The maximum Gasteiger partial charge on any atom is 0.310 e. The molecule has 2 rings (SSSR count). The molecule has 0 heterocycles. The van der Waals surface area contributed by atoms with Gasteiger partial charge in [-0.15, -0.1) is 0 Å². The van der Waals surface area contributed by atoms with Crippen molar-refractivity contribution in [2.75, 3.05) is 19.7 Å². The molecule has 27 heavy (non-hydrogen) atoms. The van der Waals surface area contributed by atoms with Crippen molar-refractivity contribution in [1.29, 1.82) is 0 Å². The number of ether oxygens (including phenoxy) is 1. The molecule has 0 aliphatic carbocycles. The smallest absolute Gasteiger partial charge is 0.310 e. The van der Waals surface area contributed by atoms with Gasteiger partial charge in [0.2, 0.25) is 5.91 Å². The lowest BCUT2D eigenvalue weighted by Crippen LogP contribution is -2.38. The summed E-state index contributed by atoms with van der Waals surface area (Å²) in [6.45, 7) is 0.190. The summed E-state index contributed by atoms with van der Waals surface area (Å²) in [5.74, 6) is -0.855. The minimum absolute atomic E-state index is 0.0220. The average molecular weight is 371 g/mol. The van der Waals surface area contributed by atoms with E-state index in [1.54, 1.807) is 6.07 Å². The number of benzene rings is 2. The Labute approximate surface area is 156 Å². The van der Waals surface area contributed by atoms with Gasteiger partial charge in [-0.3, -0.25) is 19.7 Å². The molecule has 2 N–H and O–H groups in total. The highest BCUT2D eigenvalue weighted by Crippen LogP contribution is 2.25. The third kappa shape index (κ3) is 6.43. The van der Waals surface area contributed by atoms with Crippen molar-refractivity contribution in [2.24, 2.45) is 5.73 Å². The maximum atomic E-state index is 12.5. The Bertz CT molecular complexity index is 795. The SMILES string of the molecule is NC(=O)CCN(CCc1ccccc1)C(=O)COc1ccccc1[N+](=O)[O-]. The normalized spacial score (nSPS) is 10.2. The van der Waals surface area contributed by atoms with Crippen LogP contribution in [0.1, 0.15) is 12.0 Å². The number of hydrogen-bond acceptors (Lipinski definition) is 5. The van der Waals surface area contributed by atoms with Gasteiger partial charge in [0.25, 0.3) is 5.91 Å². The fraction of sp³-hybridized carbons (Fsp3) is 0.263. The zero-order valence-electron chi connectivity index (χ0n) is 14.7. The van der Waals surface area contributed by atoms with Crippen molar-refractivity contribution in [3.8, 4) is 5.75 Å². The molecule has 0 aliphatic rings. The molecule has 0 fully saturated rings. The second-order valence-corrected chi connectivity index (χ2v) is 5.85. The molecule has 0 radical (unpaired) electrons. The number of para-hydroxylation sites is 2. The number of hydrogen-bond donors (Lipinski definition) is 1. The van der Waals surface area contributed by atoms with Gasteiger partial charge in [-0.1, -0.05) is 42.5 Å². The summed E-state index contributed by atoms with van der Waals surface area (Å²) in [5, 5.41) is 11.0. The molecule has 0 atom stereocenters. The summed E-state index contributed by atoms with van der Waals surface area (Å²) in [4.78, 5) is 35.5. The molecule has 2 aromatic rings. The first-order valence-corrected chi connectivity index (χ1v) is 8.43.